The van der Waals surface area contributed by atoms with Crippen molar-refractivity contribution in [2.75, 3.05) is 0 Å². The fourth-order valence-corrected chi connectivity index (χ4v) is 3.07. The molecule has 2 rings (SSSR count). The van der Waals surface area contributed by atoms with Gasteiger partial charge >= 0.3 is 0 Å². The van der Waals surface area contributed by atoms with Gasteiger partial charge in [0.15, 0.2) is 0 Å². The Morgan fingerprint density at radius 1 is 1.30 bits per heavy atom. The number of aromatic amines is 1. The molecular weight excluding hydrogens is 290 g/mol. The third-order valence-corrected chi connectivity index (χ3v) is 4.12. The molecule has 0 bridgehead atoms. The average Bonchev–Trinajstić information content (AvgIpc) is 2.91. The Morgan fingerprint density at radius 2 is 1.96 bits per heavy atom. The zero-order valence-electron chi connectivity index (χ0n) is 14.2. The molecule has 0 radical (unpaired) electrons. The van der Waals surface area contributed by atoms with Crippen molar-refractivity contribution < 1.29 is 9.90 Å². The van der Waals surface area contributed by atoms with Gasteiger partial charge in [-0.05, 0) is 31.9 Å². The fraction of sp³-hybridized carbons (Fsp3) is 0.556. The summed E-state index contributed by atoms with van der Waals surface area (Å²) in [6.45, 7) is 5.94. The third-order valence-electron chi connectivity index (χ3n) is 4.12. The van der Waals surface area contributed by atoms with E-state index in [1.807, 2.05) is 45.0 Å². The molecule has 0 fully saturated rings. The van der Waals surface area contributed by atoms with E-state index < -0.39 is 5.60 Å². The van der Waals surface area contributed by atoms with E-state index in [1.165, 1.54) is 0 Å². The van der Waals surface area contributed by atoms with Gasteiger partial charge in [0, 0.05) is 0 Å². The lowest BCUT2D eigenvalue weighted by Crippen LogP contribution is -2.37. The standard InChI is InChI=1S/C18H27N3O2/c1-4-10-18(23,11-5-2)12-16(22)19-13(3)17-20-14-8-6-7-9-15(14)21-17/h6-9,13,23H,4-5,10-12H2,1-3H3,(H,19,22)(H,20,21). The van der Waals surface area contributed by atoms with Crippen LogP contribution in [0, 0.1) is 0 Å². The highest BCUT2D eigenvalue weighted by Gasteiger charge is 2.29. The first-order valence-corrected chi connectivity index (χ1v) is 8.44. The van der Waals surface area contributed by atoms with Crippen LogP contribution < -0.4 is 5.32 Å². The second-order valence-corrected chi connectivity index (χ2v) is 6.33. The maximum Gasteiger partial charge on any atom is 0.223 e. The fourth-order valence-electron chi connectivity index (χ4n) is 3.07. The second kappa shape index (κ2) is 7.59. The summed E-state index contributed by atoms with van der Waals surface area (Å²) in [6.07, 6.45) is 3.16. The maximum absolute atomic E-state index is 12.3. The molecule has 1 unspecified atom stereocenters. The van der Waals surface area contributed by atoms with Crippen molar-refractivity contribution in [2.24, 2.45) is 0 Å². The Labute approximate surface area is 137 Å². The van der Waals surface area contributed by atoms with E-state index in [0.717, 1.165) is 29.7 Å². The summed E-state index contributed by atoms with van der Waals surface area (Å²) in [5, 5.41) is 13.5. The average molecular weight is 317 g/mol. The molecule has 0 aliphatic carbocycles. The van der Waals surface area contributed by atoms with Gasteiger partial charge in [-0.25, -0.2) is 4.98 Å². The minimum atomic E-state index is -0.902. The molecule has 5 nitrogen and oxygen atoms in total. The molecule has 23 heavy (non-hydrogen) atoms. The van der Waals surface area contributed by atoms with Crippen LogP contribution in [0.3, 0.4) is 0 Å². The van der Waals surface area contributed by atoms with Crippen molar-refractivity contribution in [3.05, 3.63) is 30.1 Å². The van der Waals surface area contributed by atoms with E-state index in [-0.39, 0.29) is 18.4 Å². The number of para-hydroxylation sites is 2. The van der Waals surface area contributed by atoms with Crippen LogP contribution in [0.5, 0.6) is 0 Å². The lowest BCUT2D eigenvalue weighted by atomic mass is 9.89. The number of amides is 1. The summed E-state index contributed by atoms with van der Waals surface area (Å²) < 4.78 is 0. The molecule has 0 aliphatic rings. The SMILES string of the molecule is CCCC(O)(CCC)CC(=O)NC(C)c1nc2ccccc2[nH]1. The van der Waals surface area contributed by atoms with E-state index >= 15 is 0 Å². The summed E-state index contributed by atoms with van der Waals surface area (Å²) in [7, 11) is 0. The highest BCUT2D eigenvalue weighted by molar-refractivity contribution is 5.78. The molecule has 0 aliphatic heterocycles. The molecule has 1 aromatic carbocycles. The van der Waals surface area contributed by atoms with E-state index in [1.54, 1.807) is 0 Å². The number of carbonyl (C=O) groups excluding carboxylic acids is 1. The number of rotatable bonds is 8. The number of aromatic nitrogens is 2. The van der Waals surface area contributed by atoms with Crippen molar-refractivity contribution in [3.63, 3.8) is 0 Å². The Hall–Kier alpha value is -1.88. The number of hydrogen-bond donors (Lipinski definition) is 3. The second-order valence-electron chi connectivity index (χ2n) is 6.33. The molecule has 0 spiro atoms. The normalized spacial score (nSPS) is 13.2. The Kier molecular flexibility index (Phi) is 5.77. The van der Waals surface area contributed by atoms with Crippen LogP contribution in [0.1, 0.15) is 64.7 Å². The van der Waals surface area contributed by atoms with Crippen LogP contribution in [0.4, 0.5) is 0 Å². The van der Waals surface area contributed by atoms with Gasteiger partial charge in [0.1, 0.15) is 5.82 Å². The molecule has 2 aromatic rings. The lowest BCUT2D eigenvalue weighted by Gasteiger charge is -2.27. The van der Waals surface area contributed by atoms with E-state index in [2.05, 4.69) is 15.3 Å². The molecule has 0 saturated heterocycles. The number of aliphatic hydroxyl groups is 1. The van der Waals surface area contributed by atoms with Gasteiger partial charge < -0.3 is 15.4 Å². The molecule has 126 valence electrons. The minimum absolute atomic E-state index is 0.137. The highest BCUT2D eigenvalue weighted by Crippen LogP contribution is 2.24. The smallest absolute Gasteiger partial charge is 0.223 e. The highest BCUT2D eigenvalue weighted by atomic mass is 16.3. The Morgan fingerprint density at radius 3 is 2.57 bits per heavy atom. The number of nitrogens with zero attached hydrogens (tertiary/aromatic N) is 1. The number of fused-ring (bicyclic) bond motifs is 1. The predicted octanol–water partition coefficient (Wildman–Crippen LogP) is 3.46. The van der Waals surface area contributed by atoms with Crippen LogP contribution in [0.2, 0.25) is 0 Å². The molecular formula is C18H27N3O2. The molecule has 1 amide bonds. The summed E-state index contributed by atoms with van der Waals surface area (Å²) in [4.78, 5) is 20.0. The number of nitrogens with one attached hydrogen (secondary N) is 2. The summed E-state index contributed by atoms with van der Waals surface area (Å²) in [6, 6.07) is 7.56. The van der Waals surface area contributed by atoms with E-state index in [0.29, 0.717) is 12.8 Å². The van der Waals surface area contributed by atoms with Gasteiger partial charge in [0.05, 0.1) is 29.1 Å². The monoisotopic (exact) mass is 317 g/mol. The Balaban J connectivity index is 2.01. The zero-order chi connectivity index (χ0) is 16.9. The van der Waals surface area contributed by atoms with Crippen molar-refractivity contribution in [1.82, 2.24) is 15.3 Å². The van der Waals surface area contributed by atoms with Crippen molar-refractivity contribution in [2.45, 2.75) is 64.5 Å². The summed E-state index contributed by atoms with van der Waals surface area (Å²) in [5.74, 6) is 0.594. The van der Waals surface area contributed by atoms with Crippen molar-refractivity contribution in [3.8, 4) is 0 Å². The quantitative estimate of drug-likeness (QED) is 0.697. The van der Waals surface area contributed by atoms with Gasteiger partial charge in [0.2, 0.25) is 5.91 Å². The zero-order valence-corrected chi connectivity index (χ0v) is 14.2. The topological polar surface area (TPSA) is 78.0 Å². The van der Waals surface area contributed by atoms with Crippen LogP contribution in [0.25, 0.3) is 11.0 Å². The number of hydrogen-bond acceptors (Lipinski definition) is 3. The van der Waals surface area contributed by atoms with Crippen molar-refractivity contribution in [1.29, 1.82) is 0 Å². The molecule has 1 heterocycles. The number of benzene rings is 1. The van der Waals surface area contributed by atoms with Crippen LogP contribution in [-0.2, 0) is 4.79 Å². The molecule has 1 atom stereocenters. The van der Waals surface area contributed by atoms with Crippen LogP contribution in [0.15, 0.2) is 24.3 Å². The van der Waals surface area contributed by atoms with Gasteiger partial charge in [-0.15, -0.1) is 0 Å². The molecule has 5 heteroatoms. The minimum Gasteiger partial charge on any atom is -0.389 e. The lowest BCUT2D eigenvalue weighted by molar-refractivity contribution is -0.127. The van der Waals surface area contributed by atoms with E-state index in [9.17, 15) is 9.90 Å². The van der Waals surface area contributed by atoms with Crippen LogP contribution in [-0.4, -0.2) is 26.6 Å². The third kappa shape index (κ3) is 4.55. The summed E-state index contributed by atoms with van der Waals surface area (Å²) in [5.41, 5.74) is 0.940. The Bertz CT molecular complexity index is 612. The largest absolute Gasteiger partial charge is 0.389 e. The number of H-pyrrole nitrogens is 1. The molecule has 3 N–H and O–H groups in total. The molecule has 0 saturated carbocycles. The van der Waals surface area contributed by atoms with Gasteiger partial charge in [-0.2, -0.15) is 0 Å². The molecule has 1 aromatic heterocycles. The first kappa shape index (κ1) is 17.5. The number of carbonyl (C=O) groups is 1. The first-order chi connectivity index (χ1) is 11.0. The van der Waals surface area contributed by atoms with Gasteiger partial charge in [-0.3, -0.25) is 4.79 Å². The van der Waals surface area contributed by atoms with E-state index in [4.69, 9.17) is 0 Å². The van der Waals surface area contributed by atoms with Gasteiger partial charge in [0.25, 0.3) is 0 Å². The van der Waals surface area contributed by atoms with Gasteiger partial charge in [-0.1, -0.05) is 38.8 Å². The summed E-state index contributed by atoms with van der Waals surface area (Å²) >= 11 is 0. The number of imidazole rings is 1. The van der Waals surface area contributed by atoms with Crippen molar-refractivity contribution >= 4 is 16.9 Å². The van der Waals surface area contributed by atoms with Crippen LogP contribution >= 0.6 is 0 Å². The predicted molar refractivity (Wildman–Crippen MR) is 92.0 cm³/mol. The maximum atomic E-state index is 12.3. The first-order valence-electron chi connectivity index (χ1n) is 8.44.